The molecule has 8 heteroatoms. The van der Waals surface area contributed by atoms with Crippen molar-refractivity contribution in [3.63, 3.8) is 0 Å². The van der Waals surface area contributed by atoms with Crippen molar-refractivity contribution in [1.29, 1.82) is 0 Å². The van der Waals surface area contributed by atoms with E-state index in [-0.39, 0.29) is 24.2 Å². The SMILES string of the molecule is CCCCOC(=O)c1ccc(NC(=O)Cc2csc(NC(=O)C(C)(C)C)n2)cc1. The van der Waals surface area contributed by atoms with Crippen molar-refractivity contribution in [3.05, 3.63) is 40.9 Å². The molecule has 0 bridgehead atoms. The minimum absolute atomic E-state index is 0.0860. The zero-order chi connectivity index (χ0) is 21.4. The number of rotatable bonds is 8. The van der Waals surface area contributed by atoms with Crippen LogP contribution in [0.3, 0.4) is 0 Å². The molecule has 0 spiro atoms. The van der Waals surface area contributed by atoms with Crippen LogP contribution in [-0.4, -0.2) is 29.4 Å². The van der Waals surface area contributed by atoms with E-state index in [1.807, 2.05) is 27.7 Å². The number of esters is 1. The maximum absolute atomic E-state index is 12.2. The number of hydrogen-bond acceptors (Lipinski definition) is 6. The van der Waals surface area contributed by atoms with Gasteiger partial charge in [0.25, 0.3) is 0 Å². The molecule has 0 atom stereocenters. The predicted molar refractivity (Wildman–Crippen MR) is 114 cm³/mol. The number of nitrogens with one attached hydrogen (secondary N) is 2. The highest BCUT2D eigenvalue weighted by Crippen LogP contribution is 2.21. The van der Waals surface area contributed by atoms with Crippen LogP contribution in [0.15, 0.2) is 29.6 Å². The molecule has 2 N–H and O–H groups in total. The van der Waals surface area contributed by atoms with Gasteiger partial charge >= 0.3 is 5.97 Å². The van der Waals surface area contributed by atoms with Crippen molar-refractivity contribution in [2.24, 2.45) is 5.41 Å². The minimum Gasteiger partial charge on any atom is -0.462 e. The normalized spacial score (nSPS) is 11.0. The summed E-state index contributed by atoms with van der Waals surface area (Å²) < 4.78 is 5.16. The first-order valence-corrected chi connectivity index (χ1v) is 10.4. The molecule has 1 heterocycles. The number of amides is 2. The summed E-state index contributed by atoms with van der Waals surface area (Å²) in [5.74, 6) is -0.734. The van der Waals surface area contributed by atoms with E-state index in [4.69, 9.17) is 4.74 Å². The van der Waals surface area contributed by atoms with E-state index in [1.54, 1.807) is 29.6 Å². The molecule has 156 valence electrons. The van der Waals surface area contributed by atoms with E-state index in [0.717, 1.165) is 12.8 Å². The van der Waals surface area contributed by atoms with Gasteiger partial charge in [-0.1, -0.05) is 34.1 Å². The number of aromatic nitrogens is 1. The lowest BCUT2D eigenvalue weighted by Gasteiger charge is -2.15. The molecule has 2 aromatic rings. The highest BCUT2D eigenvalue weighted by Gasteiger charge is 2.22. The van der Waals surface area contributed by atoms with Crippen molar-refractivity contribution >= 4 is 39.9 Å². The molecule has 7 nitrogen and oxygen atoms in total. The zero-order valence-electron chi connectivity index (χ0n) is 17.2. The summed E-state index contributed by atoms with van der Waals surface area (Å²) in [7, 11) is 0. The fourth-order valence-electron chi connectivity index (χ4n) is 2.18. The largest absolute Gasteiger partial charge is 0.462 e. The fraction of sp³-hybridized carbons (Fsp3) is 0.429. The molecule has 0 radical (unpaired) electrons. The lowest BCUT2D eigenvalue weighted by atomic mass is 9.96. The van der Waals surface area contributed by atoms with Crippen LogP contribution < -0.4 is 10.6 Å². The van der Waals surface area contributed by atoms with Gasteiger partial charge in [-0.15, -0.1) is 11.3 Å². The molecule has 1 aromatic heterocycles. The summed E-state index contributed by atoms with van der Waals surface area (Å²) in [5.41, 5.74) is 1.08. The third-order valence-electron chi connectivity index (χ3n) is 3.93. The van der Waals surface area contributed by atoms with E-state index >= 15 is 0 Å². The minimum atomic E-state index is -0.516. The van der Waals surface area contributed by atoms with Crippen LogP contribution >= 0.6 is 11.3 Å². The van der Waals surface area contributed by atoms with Gasteiger partial charge in [0, 0.05) is 16.5 Å². The first-order valence-electron chi connectivity index (χ1n) is 9.52. The second-order valence-electron chi connectivity index (χ2n) is 7.64. The lowest BCUT2D eigenvalue weighted by molar-refractivity contribution is -0.123. The summed E-state index contributed by atoms with van der Waals surface area (Å²) in [6.07, 6.45) is 1.88. The molecule has 0 saturated carbocycles. The maximum atomic E-state index is 12.2. The highest BCUT2D eigenvalue weighted by atomic mass is 32.1. The monoisotopic (exact) mass is 417 g/mol. The topological polar surface area (TPSA) is 97.4 Å². The Morgan fingerprint density at radius 1 is 1.10 bits per heavy atom. The van der Waals surface area contributed by atoms with E-state index in [2.05, 4.69) is 15.6 Å². The molecule has 29 heavy (non-hydrogen) atoms. The van der Waals surface area contributed by atoms with Crippen molar-refractivity contribution in [1.82, 2.24) is 4.98 Å². The Balaban J connectivity index is 1.86. The first kappa shape index (κ1) is 22.5. The summed E-state index contributed by atoms with van der Waals surface area (Å²) in [5, 5.41) is 7.74. The van der Waals surface area contributed by atoms with Gasteiger partial charge in [-0.25, -0.2) is 9.78 Å². The quantitative estimate of drug-likeness (QED) is 0.494. The van der Waals surface area contributed by atoms with Gasteiger partial charge in [0.1, 0.15) is 0 Å². The highest BCUT2D eigenvalue weighted by molar-refractivity contribution is 7.13. The van der Waals surface area contributed by atoms with Gasteiger partial charge in [0.05, 0.1) is 24.3 Å². The smallest absolute Gasteiger partial charge is 0.338 e. The van der Waals surface area contributed by atoms with Gasteiger partial charge in [0.15, 0.2) is 5.13 Å². The second-order valence-corrected chi connectivity index (χ2v) is 8.50. The number of thiazole rings is 1. The summed E-state index contributed by atoms with van der Waals surface area (Å²) in [6, 6.07) is 6.55. The van der Waals surface area contributed by atoms with Crippen LogP contribution in [0, 0.1) is 5.41 Å². The third-order valence-corrected chi connectivity index (χ3v) is 4.74. The molecule has 0 saturated heterocycles. The van der Waals surface area contributed by atoms with Crippen molar-refractivity contribution < 1.29 is 19.1 Å². The van der Waals surface area contributed by atoms with Crippen molar-refractivity contribution in [3.8, 4) is 0 Å². The molecule has 0 aliphatic rings. The molecule has 1 aromatic carbocycles. The lowest BCUT2D eigenvalue weighted by Crippen LogP contribution is -2.27. The number of anilines is 2. The van der Waals surface area contributed by atoms with E-state index < -0.39 is 5.41 Å². The standard InChI is InChI=1S/C21H27N3O4S/c1-5-6-11-28-18(26)14-7-9-15(10-8-14)22-17(25)12-16-13-29-20(23-16)24-19(27)21(2,3)4/h7-10,13H,5-6,11-12H2,1-4H3,(H,22,25)(H,23,24,27). The van der Waals surface area contributed by atoms with Crippen molar-refractivity contribution in [2.45, 2.75) is 47.0 Å². The summed E-state index contributed by atoms with van der Waals surface area (Å²) >= 11 is 1.28. The van der Waals surface area contributed by atoms with Crippen LogP contribution in [0.2, 0.25) is 0 Å². The Morgan fingerprint density at radius 3 is 2.41 bits per heavy atom. The van der Waals surface area contributed by atoms with E-state index in [0.29, 0.717) is 28.7 Å². The van der Waals surface area contributed by atoms with Crippen LogP contribution in [0.5, 0.6) is 0 Å². The number of ether oxygens (including phenoxy) is 1. The number of benzene rings is 1. The molecule has 0 fully saturated rings. The number of unbranched alkanes of at least 4 members (excludes halogenated alkanes) is 1. The molecule has 2 amide bonds. The van der Waals surface area contributed by atoms with Gasteiger partial charge in [0.2, 0.25) is 11.8 Å². The summed E-state index contributed by atoms with van der Waals surface area (Å²) in [4.78, 5) is 40.4. The Bertz CT molecular complexity index is 854. The van der Waals surface area contributed by atoms with Gasteiger partial charge < -0.3 is 15.4 Å². The average Bonchev–Trinajstić information content (AvgIpc) is 3.08. The zero-order valence-corrected chi connectivity index (χ0v) is 18.0. The maximum Gasteiger partial charge on any atom is 0.338 e. The number of carbonyl (C=O) groups is 3. The van der Waals surface area contributed by atoms with E-state index in [1.165, 1.54) is 11.3 Å². The number of nitrogens with zero attached hydrogens (tertiary/aromatic N) is 1. The molecule has 2 rings (SSSR count). The number of hydrogen-bond donors (Lipinski definition) is 2. The fourth-order valence-corrected chi connectivity index (χ4v) is 2.89. The molecule has 0 aliphatic carbocycles. The Labute approximate surface area is 174 Å². The van der Waals surface area contributed by atoms with Crippen LogP contribution in [-0.2, 0) is 20.7 Å². The van der Waals surface area contributed by atoms with Crippen LogP contribution in [0.25, 0.3) is 0 Å². The van der Waals surface area contributed by atoms with Gasteiger partial charge in [-0.05, 0) is 30.7 Å². The molecular weight excluding hydrogens is 390 g/mol. The summed E-state index contributed by atoms with van der Waals surface area (Å²) in [6.45, 7) is 7.89. The number of carbonyl (C=O) groups excluding carboxylic acids is 3. The van der Waals surface area contributed by atoms with Crippen LogP contribution in [0.4, 0.5) is 10.8 Å². The van der Waals surface area contributed by atoms with Gasteiger partial charge in [-0.3, -0.25) is 9.59 Å². The first-order chi connectivity index (χ1) is 13.7. The Hall–Kier alpha value is -2.74. The molecule has 0 unspecified atom stereocenters. The van der Waals surface area contributed by atoms with E-state index in [9.17, 15) is 14.4 Å². The second kappa shape index (κ2) is 10.2. The van der Waals surface area contributed by atoms with Gasteiger partial charge in [-0.2, -0.15) is 0 Å². The molecule has 0 aliphatic heterocycles. The van der Waals surface area contributed by atoms with Crippen LogP contribution in [0.1, 0.15) is 56.6 Å². The molecular formula is C21H27N3O4S. The van der Waals surface area contributed by atoms with Crippen molar-refractivity contribution in [2.75, 3.05) is 17.2 Å². The predicted octanol–water partition coefficient (Wildman–Crippen LogP) is 4.27. The average molecular weight is 418 g/mol. The Morgan fingerprint density at radius 2 is 1.79 bits per heavy atom. The third kappa shape index (κ3) is 7.30. The Kier molecular flexibility index (Phi) is 7.90.